The van der Waals surface area contributed by atoms with Crippen molar-refractivity contribution < 1.29 is 9.59 Å². The van der Waals surface area contributed by atoms with Gasteiger partial charge in [-0.3, -0.25) is 9.59 Å². The Morgan fingerprint density at radius 1 is 1.15 bits per heavy atom. The molecule has 2 heterocycles. The lowest BCUT2D eigenvalue weighted by Crippen LogP contribution is -2.42. The molecule has 3 fully saturated rings. The van der Waals surface area contributed by atoms with Crippen molar-refractivity contribution in [2.24, 2.45) is 5.92 Å². The summed E-state index contributed by atoms with van der Waals surface area (Å²) in [6, 6.07) is 1.61. The van der Waals surface area contributed by atoms with E-state index in [9.17, 15) is 9.59 Å². The fraction of sp³-hybridized carbons (Fsp3) is 0.867. The highest BCUT2D eigenvalue weighted by Crippen LogP contribution is 2.32. The number of hydrogen-bond acceptors (Lipinski definition) is 3. The molecule has 0 radical (unpaired) electrons. The number of amides is 2. The highest BCUT2D eigenvalue weighted by molar-refractivity contribution is 5.85. The summed E-state index contributed by atoms with van der Waals surface area (Å²) in [6.45, 7) is 0.202. The highest BCUT2D eigenvalue weighted by Gasteiger charge is 2.34. The Labute approximate surface area is 120 Å². The van der Waals surface area contributed by atoms with Gasteiger partial charge in [-0.2, -0.15) is 0 Å². The summed E-state index contributed by atoms with van der Waals surface area (Å²) in [7, 11) is 1.74. The standard InChI is InChI=1S/C15H25N3O2/c1-18(9-14(19)17-11-2-3-11)15(20)8-10-6-12-4-5-13(7-10)16-12/h10-13,16H,2-9H2,1H3,(H,17,19). The second kappa shape index (κ2) is 5.72. The summed E-state index contributed by atoms with van der Waals surface area (Å²) in [6.07, 6.45) is 7.52. The Bertz CT molecular complexity index is 383. The van der Waals surface area contributed by atoms with Gasteiger partial charge in [0.25, 0.3) is 0 Å². The van der Waals surface area contributed by atoms with Crippen LogP contribution in [0.1, 0.15) is 44.9 Å². The molecule has 2 atom stereocenters. The molecule has 5 nitrogen and oxygen atoms in total. The van der Waals surface area contributed by atoms with Crippen LogP contribution < -0.4 is 10.6 Å². The summed E-state index contributed by atoms with van der Waals surface area (Å²) < 4.78 is 0. The van der Waals surface area contributed by atoms with Crippen molar-refractivity contribution in [2.75, 3.05) is 13.6 Å². The molecule has 2 amide bonds. The first-order valence-electron chi connectivity index (χ1n) is 7.89. The third-order valence-corrected chi connectivity index (χ3v) is 4.78. The second-order valence-electron chi connectivity index (χ2n) is 6.77. The van der Waals surface area contributed by atoms with Gasteiger partial charge in [0.2, 0.25) is 11.8 Å². The minimum Gasteiger partial charge on any atom is -0.352 e. The zero-order valence-electron chi connectivity index (χ0n) is 12.2. The average Bonchev–Trinajstić information content (AvgIpc) is 3.13. The van der Waals surface area contributed by atoms with Gasteiger partial charge in [0.05, 0.1) is 6.54 Å². The molecule has 2 N–H and O–H groups in total. The fourth-order valence-corrected chi connectivity index (χ4v) is 3.55. The molecule has 2 aliphatic heterocycles. The van der Waals surface area contributed by atoms with Crippen molar-refractivity contribution in [1.82, 2.24) is 15.5 Å². The van der Waals surface area contributed by atoms with Crippen molar-refractivity contribution in [1.29, 1.82) is 0 Å². The molecule has 20 heavy (non-hydrogen) atoms. The van der Waals surface area contributed by atoms with Gasteiger partial charge in [-0.25, -0.2) is 0 Å². The monoisotopic (exact) mass is 279 g/mol. The van der Waals surface area contributed by atoms with Crippen molar-refractivity contribution in [3.05, 3.63) is 0 Å². The van der Waals surface area contributed by atoms with Crippen LogP contribution in [0.2, 0.25) is 0 Å². The first-order valence-corrected chi connectivity index (χ1v) is 7.89. The minimum absolute atomic E-state index is 0.0197. The number of fused-ring (bicyclic) bond motifs is 2. The maximum atomic E-state index is 12.2. The molecule has 0 aromatic rings. The molecule has 2 bridgehead atoms. The van der Waals surface area contributed by atoms with E-state index >= 15 is 0 Å². The number of carbonyl (C=O) groups excluding carboxylic acids is 2. The fourth-order valence-electron chi connectivity index (χ4n) is 3.55. The zero-order valence-corrected chi connectivity index (χ0v) is 12.2. The van der Waals surface area contributed by atoms with Gasteiger partial charge < -0.3 is 15.5 Å². The summed E-state index contributed by atoms with van der Waals surface area (Å²) in [5, 5.41) is 6.52. The predicted octanol–water partition coefficient (Wildman–Crippen LogP) is 0.644. The normalized spacial score (nSPS) is 31.9. The van der Waals surface area contributed by atoms with E-state index in [1.54, 1.807) is 11.9 Å². The molecule has 0 spiro atoms. The molecule has 112 valence electrons. The molecular formula is C15H25N3O2. The second-order valence-corrected chi connectivity index (χ2v) is 6.77. The van der Waals surface area contributed by atoms with Crippen LogP contribution in [0.3, 0.4) is 0 Å². The van der Waals surface area contributed by atoms with Gasteiger partial charge in [0.15, 0.2) is 0 Å². The molecule has 1 saturated carbocycles. The van der Waals surface area contributed by atoms with Crippen molar-refractivity contribution in [3.63, 3.8) is 0 Å². The topological polar surface area (TPSA) is 61.4 Å². The summed E-state index contributed by atoms with van der Waals surface area (Å²) in [4.78, 5) is 25.5. The largest absolute Gasteiger partial charge is 0.352 e. The van der Waals surface area contributed by atoms with Crippen LogP contribution in [-0.2, 0) is 9.59 Å². The van der Waals surface area contributed by atoms with E-state index in [1.807, 2.05) is 0 Å². The van der Waals surface area contributed by atoms with Gasteiger partial charge >= 0.3 is 0 Å². The van der Waals surface area contributed by atoms with Crippen molar-refractivity contribution >= 4 is 11.8 Å². The average molecular weight is 279 g/mol. The van der Waals surface area contributed by atoms with Gasteiger partial charge in [-0.15, -0.1) is 0 Å². The van der Waals surface area contributed by atoms with E-state index in [-0.39, 0.29) is 18.4 Å². The van der Waals surface area contributed by atoms with Crippen LogP contribution in [0.25, 0.3) is 0 Å². The maximum Gasteiger partial charge on any atom is 0.239 e. The van der Waals surface area contributed by atoms with Crippen LogP contribution in [0.4, 0.5) is 0 Å². The summed E-state index contributed by atoms with van der Waals surface area (Å²) >= 11 is 0. The lowest BCUT2D eigenvalue weighted by atomic mass is 9.89. The quantitative estimate of drug-likeness (QED) is 0.776. The van der Waals surface area contributed by atoms with E-state index < -0.39 is 0 Å². The van der Waals surface area contributed by atoms with Crippen molar-refractivity contribution in [3.8, 4) is 0 Å². The molecule has 0 aromatic carbocycles. The molecule has 2 saturated heterocycles. The number of carbonyl (C=O) groups is 2. The number of hydrogen-bond donors (Lipinski definition) is 2. The van der Waals surface area contributed by atoms with E-state index in [4.69, 9.17) is 0 Å². The van der Waals surface area contributed by atoms with E-state index in [0.29, 0.717) is 30.5 Å². The Morgan fingerprint density at radius 2 is 1.80 bits per heavy atom. The van der Waals surface area contributed by atoms with Gasteiger partial charge in [0, 0.05) is 31.6 Å². The molecule has 0 aromatic heterocycles. The molecule has 3 rings (SSSR count). The Balaban J connectivity index is 1.42. The number of nitrogens with one attached hydrogen (secondary N) is 2. The SMILES string of the molecule is CN(CC(=O)NC1CC1)C(=O)CC1CC2CCC(C1)N2. The molecular weight excluding hydrogens is 254 g/mol. The zero-order chi connectivity index (χ0) is 14.1. The van der Waals surface area contributed by atoms with E-state index in [1.165, 1.54) is 12.8 Å². The van der Waals surface area contributed by atoms with Gasteiger partial charge in [-0.1, -0.05) is 0 Å². The van der Waals surface area contributed by atoms with Crippen LogP contribution >= 0.6 is 0 Å². The Kier molecular flexibility index (Phi) is 3.96. The van der Waals surface area contributed by atoms with Crippen molar-refractivity contribution in [2.45, 2.75) is 63.1 Å². The smallest absolute Gasteiger partial charge is 0.239 e. The Hall–Kier alpha value is -1.10. The molecule has 3 aliphatic rings. The molecule has 5 heteroatoms. The first-order chi connectivity index (χ1) is 9.60. The highest BCUT2D eigenvalue weighted by atomic mass is 16.2. The Morgan fingerprint density at radius 3 is 2.40 bits per heavy atom. The summed E-state index contributed by atoms with van der Waals surface area (Å²) in [5.74, 6) is 0.589. The lowest BCUT2D eigenvalue weighted by molar-refractivity contribution is -0.135. The van der Waals surface area contributed by atoms with E-state index in [0.717, 1.165) is 25.7 Å². The number of nitrogens with zero attached hydrogens (tertiary/aromatic N) is 1. The van der Waals surface area contributed by atoms with Gasteiger partial charge in [-0.05, 0) is 44.4 Å². The lowest BCUT2D eigenvalue weighted by Gasteiger charge is -2.29. The van der Waals surface area contributed by atoms with Crippen LogP contribution in [0.5, 0.6) is 0 Å². The number of rotatable bonds is 5. The van der Waals surface area contributed by atoms with Crippen LogP contribution in [-0.4, -0.2) is 48.4 Å². The third-order valence-electron chi connectivity index (χ3n) is 4.78. The number of piperidine rings is 1. The minimum atomic E-state index is -0.0197. The third kappa shape index (κ3) is 3.51. The number of likely N-dealkylation sites (N-methyl/N-ethyl adjacent to an activating group) is 1. The molecule has 2 unspecified atom stereocenters. The maximum absolute atomic E-state index is 12.2. The predicted molar refractivity (Wildman–Crippen MR) is 76.1 cm³/mol. The van der Waals surface area contributed by atoms with Crippen LogP contribution in [0, 0.1) is 5.92 Å². The van der Waals surface area contributed by atoms with E-state index in [2.05, 4.69) is 10.6 Å². The van der Waals surface area contributed by atoms with Crippen LogP contribution in [0.15, 0.2) is 0 Å². The van der Waals surface area contributed by atoms with Gasteiger partial charge in [0.1, 0.15) is 0 Å². The molecule has 1 aliphatic carbocycles. The summed E-state index contributed by atoms with van der Waals surface area (Å²) in [5.41, 5.74) is 0. The first kappa shape index (κ1) is 13.9.